The first-order chi connectivity index (χ1) is 12.2. The zero-order chi connectivity index (χ0) is 17.2. The minimum Gasteiger partial charge on any atom is -0.478 e. The van der Waals surface area contributed by atoms with Crippen molar-refractivity contribution in [3.63, 3.8) is 0 Å². The number of amides is 2. The maximum Gasteiger partial charge on any atom is 0.266 e. The highest BCUT2D eigenvalue weighted by atomic mass is 16.5. The Bertz CT molecular complexity index is 917. The van der Waals surface area contributed by atoms with Crippen LogP contribution in [0.1, 0.15) is 12.1 Å². The quantitative estimate of drug-likeness (QED) is 0.760. The predicted octanol–water partition coefficient (Wildman–Crippen LogP) is 1.74. The molecule has 2 N–H and O–H groups in total. The summed E-state index contributed by atoms with van der Waals surface area (Å²) in [5.41, 5.74) is 2.19. The van der Waals surface area contributed by atoms with Crippen LogP contribution < -0.4 is 15.4 Å². The van der Waals surface area contributed by atoms with Crippen molar-refractivity contribution in [2.24, 2.45) is 0 Å². The van der Waals surface area contributed by atoms with Gasteiger partial charge in [-0.1, -0.05) is 18.2 Å². The normalized spacial score (nSPS) is 16.0. The first-order valence-electron chi connectivity index (χ1n) is 7.95. The van der Waals surface area contributed by atoms with Crippen LogP contribution in [0.15, 0.2) is 54.9 Å². The first kappa shape index (κ1) is 15.2. The van der Waals surface area contributed by atoms with Gasteiger partial charge in [0, 0.05) is 12.4 Å². The summed E-state index contributed by atoms with van der Waals surface area (Å²) in [5, 5.41) is 5.52. The number of hydrogen-bond donors (Lipinski definition) is 2. The number of aromatic nitrogens is 2. The molecule has 0 bridgehead atoms. The molecule has 1 atom stereocenters. The summed E-state index contributed by atoms with van der Waals surface area (Å²) in [7, 11) is 0. The van der Waals surface area contributed by atoms with Gasteiger partial charge in [-0.2, -0.15) is 0 Å². The lowest BCUT2D eigenvalue weighted by Gasteiger charge is -2.25. The smallest absolute Gasteiger partial charge is 0.266 e. The molecule has 0 aliphatic carbocycles. The molecule has 126 valence electrons. The van der Waals surface area contributed by atoms with Crippen molar-refractivity contribution in [2.75, 3.05) is 5.32 Å². The average Bonchev–Trinajstić information content (AvgIpc) is 3.03. The number of carbonyl (C=O) groups excluding carboxylic acids is 2. The van der Waals surface area contributed by atoms with Gasteiger partial charge in [0.2, 0.25) is 5.91 Å². The highest BCUT2D eigenvalue weighted by Gasteiger charge is 2.29. The Balaban J connectivity index is 1.36. The van der Waals surface area contributed by atoms with E-state index in [0.29, 0.717) is 18.0 Å². The van der Waals surface area contributed by atoms with E-state index in [1.54, 1.807) is 12.1 Å². The Kier molecular flexibility index (Phi) is 3.81. The number of benzene rings is 1. The molecule has 1 aliphatic heterocycles. The van der Waals surface area contributed by atoms with Crippen molar-refractivity contribution in [1.29, 1.82) is 0 Å². The summed E-state index contributed by atoms with van der Waals surface area (Å²) in [6.07, 6.45) is 2.87. The van der Waals surface area contributed by atoms with E-state index in [1.807, 2.05) is 47.1 Å². The Morgan fingerprint density at radius 3 is 2.96 bits per heavy atom. The second kappa shape index (κ2) is 6.27. The highest BCUT2D eigenvalue weighted by Crippen LogP contribution is 2.29. The highest BCUT2D eigenvalue weighted by molar-refractivity contribution is 5.99. The van der Waals surface area contributed by atoms with E-state index >= 15 is 0 Å². The van der Waals surface area contributed by atoms with Crippen LogP contribution in [0.4, 0.5) is 5.69 Å². The summed E-state index contributed by atoms with van der Waals surface area (Å²) in [5.74, 6) is -0.0154. The lowest BCUT2D eigenvalue weighted by atomic mass is 10.1. The van der Waals surface area contributed by atoms with Gasteiger partial charge in [-0.3, -0.25) is 9.59 Å². The number of nitrogens with one attached hydrogen (secondary N) is 2. The lowest BCUT2D eigenvalue weighted by molar-refractivity contribution is -0.130. The Morgan fingerprint density at radius 2 is 2.08 bits per heavy atom. The molecule has 0 saturated carbocycles. The van der Waals surface area contributed by atoms with Gasteiger partial charge in [0.25, 0.3) is 5.91 Å². The number of hydrogen-bond acceptors (Lipinski definition) is 4. The number of para-hydroxylation sites is 2. The Labute approximate surface area is 143 Å². The van der Waals surface area contributed by atoms with Gasteiger partial charge in [-0.05, 0) is 24.3 Å². The van der Waals surface area contributed by atoms with Crippen molar-refractivity contribution in [3.8, 4) is 5.75 Å². The second-order valence-corrected chi connectivity index (χ2v) is 5.77. The number of rotatable bonds is 4. The summed E-state index contributed by atoms with van der Waals surface area (Å²) < 4.78 is 7.51. The maximum atomic E-state index is 12.2. The van der Waals surface area contributed by atoms with Crippen LogP contribution in [0.2, 0.25) is 0 Å². The standard InChI is InChI=1S/C18H16N4O3/c23-17(19-10-12-11-22-8-4-3-7-16(22)20-12)9-15-18(24)21-13-5-1-2-6-14(13)25-15/h1-8,11,15H,9-10H2,(H,19,23)(H,21,24)/t15-/m0/s1. The van der Waals surface area contributed by atoms with Gasteiger partial charge in [0.1, 0.15) is 11.4 Å². The number of ether oxygens (including phenoxy) is 1. The zero-order valence-electron chi connectivity index (χ0n) is 13.3. The molecule has 0 spiro atoms. The van der Waals surface area contributed by atoms with Crippen molar-refractivity contribution in [2.45, 2.75) is 19.1 Å². The van der Waals surface area contributed by atoms with Gasteiger partial charge in [-0.25, -0.2) is 4.98 Å². The SMILES string of the molecule is O=C(C[C@@H]1Oc2ccccc2NC1=O)NCc1cn2ccccc2n1. The largest absolute Gasteiger partial charge is 0.478 e. The van der Waals surface area contributed by atoms with Crippen molar-refractivity contribution < 1.29 is 14.3 Å². The van der Waals surface area contributed by atoms with Crippen LogP contribution in [0.3, 0.4) is 0 Å². The van der Waals surface area contributed by atoms with Crippen LogP contribution >= 0.6 is 0 Å². The van der Waals surface area contributed by atoms with Gasteiger partial charge < -0.3 is 19.8 Å². The van der Waals surface area contributed by atoms with E-state index in [4.69, 9.17) is 4.74 Å². The minimum atomic E-state index is -0.837. The molecule has 7 nitrogen and oxygen atoms in total. The number of fused-ring (bicyclic) bond motifs is 2. The van der Waals surface area contributed by atoms with Crippen molar-refractivity contribution in [1.82, 2.24) is 14.7 Å². The monoisotopic (exact) mass is 336 g/mol. The van der Waals surface area contributed by atoms with E-state index in [0.717, 1.165) is 11.3 Å². The fourth-order valence-electron chi connectivity index (χ4n) is 2.73. The molecule has 4 rings (SSSR count). The molecular weight excluding hydrogens is 320 g/mol. The number of anilines is 1. The number of imidazole rings is 1. The number of pyridine rings is 1. The third-order valence-corrected chi connectivity index (χ3v) is 3.96. The molecule has 1 aromatic carbocycles. The summed E-state index contributed by atoms with van der Waals surface area (Å²) in [6, 6.07) is 12.9. The molecule has 3 aromatic rings. The molecule has 7 heteroatoms. The Morgan fingerprint density at radius 1 is 1.24 bits per heavy atom. The molecule has 1 aliphatic rings. The van der Waals surface area contributed by atoms with Crippen LogP contribution in [0, 0.1) is 0 Å². The molecule has 2 amide bonds. The van der Waals surface area contributed by atoms with Crippen LogP contribution in [-0.2, 0) is 16.1 Å². The fraction of sp³-hybridized carbons (Fsp3) is 0.167. The molecular formula is C18H16N4O3. The second-order valence-electron chi connectivity index (χ2n) is 5.77. The van der Waals surface area contributed by atoms with Gasteiger partial charge in [-0.15, -0.1) is 0 Å². The fourth-order valence-corrected chi connectivity index (χ4v) is 2.73. The summed E-state index contributed by atoms with van der Waals surface area (Å²) >= 11 is 0. The minimum absolute atomic E-state index is 0.0481. The Hall–Kier alpha value is -3.35. The maximum absolute atomic E-state index is 12.2. The third kappa shape index (κ3) is 3.16. The third-order valence-electron chi connectivity index (χ3n) is 3.96. The van der Waals surface area contributed by atoms with Crippen molar-refractivity contribution >= 4 is 23.1 Å². The van der Waals surface area contributed by atoms with Crippen molar-refractivity contribution in [3.05, 3.63) is 60.6 Å². The van der Waals surface area contributed by atoms with E-state index in [-0.39, 0.29) is 18.2 Å². The van der Waals surface area contributed by atoms with E-state index in [2.05, 4.69) is 15.6 Å². The van der Waals surface area contributed by atoms with Crippen LogP contribution in [0.25, 0.3) is 5.65 Å². The molecule has 3 heterocycles. The molecule has 0 fully saturated rings. The lowest BCUT2D eigenvalue weighted by Crippen LogP contribution is -2.40. The van der Waals surface area contributed by atoms with E-state index in [9.17, 15) is 9.59 Å². The van der Waals surface area contributed by atoms with Gasteiger partial charge in [0.15, 0.2) is 6.10 Å². The van der Waals surface area contributed by atoms with E-state index < -0.39 is 6.10 Å². The molecule has 25 heavy (non-hydrogen) atoms. The van der Waals surface area contributed by atoms with Crippen LogP contribution in [-0.4, -0.2) is 27.3 Å². The van der Waals surface area contributed by atoms with Crippen LogP contribution in [0.5, 0.6) is 5.75 Å². The average molecular weight is 336 g/mol. The molecule has 0 unspecified atom stereocenters. The first-order valence-corrected chi connectivity index (χ1v) is 7.95. The van der Waals surface area contributed by atoms with Gasteiger partial charge in [0.05, 0.1) is 24.3 Å². The number of carbonyl (C=O) groups is 2. The molecule has 0 radical (unpaired) electrons. The zero-order valence-corrected chi connectivity index (χ0v) is 13.3. The van der Waals surface area contributed by atoms with Gasteiger partial charge >= 0.3 is 0 Å². The van der Waals surface area contributed by atoms with E-state index in [1.165, 1.54) is 0 Å². The molecule has 2 aromatic heterocycles. The summed E-state index contributed by atoms with van der Waals surface area (Å²) in [6.45, 7) is 0.297. The summed E-state index contributed by atoms with van der Waals surface area (Å²) in [4.78, 5) is 28.6. The number of nitrogens with zero attached hydrogens (tertiary/aromatic N) is 2. The molecule has 0 saturated heterocycles. The topological polar surface area (TPSA) is 84.7 Å². The predicted molar refractivity (Wildman–Crippen MR) is 91.1 cm³/mol.